The monoisotopic (exact) mass is 290 g/mol. The molecule has 0 saturated heterocycles. The molecule has 0 aromatic heterocycles. The number of carbonyl (C=O) groups excluding carboxylic acids is 1. The zero-order chi connectivity index (χ0) is 14.1. The van der Waals surface area contributed by atoms with E-state index >= 15 is 0 Å². The van der Waals surface area contributed by atoms with Crippen molar-refractivity contribution in [1.29, 1.82) is 0 Å². The molecule has 1 N–H and O–H groups in total. The van der Waals surface area contributed by atoms with Crippen LogP contribution in [0.3, 0.4) is 0 Å². The number of aliphatic hydroxyl groups is 1. The third kappa shape index (κ3) is 3.38. The molecule has 3 rings (SSSR count). The summed E-state index contributed by atoms with van der Waals surface area (Å²) in [4.78, 5) is 10.5. The zero-order valence-corrected chi connectivity index (χ0v) is 14.0. The zero-order valence-electron chi connectivity index (χ0n) is 12.0. The van der Waals surface area contributed by atoms with Crippen molar-refractivity contribution in [2.24, 2.45) is 0 Å². The summed E-state index contributed by atoms with van der Waals surface area (Å²) in [5, 5.41) is 19.8. The molecule has 1 aliphatic carbocycles. The van der Waals surface area contributed by atoms with E-state index in [1.165, 1.54) is 22.3 Å². The van der Waals surface area contributed by atoms with Gasteiger partial charge in [-0.15, -0.1) is 0 Å². The average molecular weight is 290 g/mol. The van der Waals surface area contributed by atoms with Gasteiger partial charge in [-0.05, 0) is 47.1 Å². The van der Waals surface area contributed by atoms with Crippen molar-refractivity contribution in [3.05, 3.63) is 59.2 Å². The Labute approximate surface area is 145 Å². The van der Waals surface area contributed by atoms with Gasteiger partial charge in [0, 0.05) is 0 Å². The summed E-state index contributed by atoms with van der Waals surface area (Å²) in [6, 6.07) is 14.5. The van der Waals surface area contributed by atoms with Crippen LogP contribution in [0.4, 0.5) is 0 Å². The maximum Gasteiger partial charge on any atom is 1.00 e. The van der Waals surface area contributed by atoms with Crippen LogP contribution in [0.5, 0.6) is 0 Å². The summed E-state index contributed by atoms with van der Waals surface area (Å²) in [5.74, 6) is -1.41. The van der Waals surface area contributed by atoms with E-state index in [0.717, 1.165) is 12.0 Å². The fraction of sp³-hybridized carbons (Fsp3) is 0.235. The molecule has 2 aromatic rings. The molecule has 0 aliphatic heterocycles. The second kappa shape index (κ2) is 6.75. The minimum atomic E-state index is -1.41. The third-order valence-corrected chi connectivity index (χ3v) is 3.84. The van der Waals surface area contributed by atoms with Gasteiger partial charge in [-0.3, -0.25) is 0 Å². The van der Waals surface area contributed by atoms with Gasteiger partial charge in [-0.2, -0.15) is 0 Å². The smallest absolute Gasteiger partial charge is 0.547 e. The Kier molecular flexibility index (Phi) is 5.22. The number of carboxylic acids is 1. The van der Waals surface area contributed by atoms with Gasteiger partial charge in [-0.1, -0.05) is 42.5 Å². The maximum absolute atomic E-state index is 10.5. The standard InChI is InChI=1S/C17H16O3.Na/c18-16(17(19)20)8-6-11-5-7-13-10-12-3-1-2-4-14(12)15(13)9-11;/h1-5,7,9,16,18H,6,8,10H2,(H,19,20);/q;+1/p-1. The number of aryl methyl sites for hydroxylation is 1. The van der Waals surface area contributed by atoms with Gasteiger partial charge < -0.3 is 15.0 Å². The van der Waals surface area contributed by atoms with Gasteiger partial charge in [0.15, 0.2) is 0 Å². The van der Waals surface area contributed by atoms with Crippen LogP contribution in [0.1, 0.15) is 23.1 Å². The third-order valence-electron chi connectivity index (χ3n) is 3.84. The van der Waals surface area contributed by atoms with Crippen molar-refractivity contribution in [2.45, 2.75) is 25.4 Å². The number of aliphatic hydroxyl groups excluding tert-OH is 1. The molecule has 102 valence electrons. The number of hydrogen-bond donors (Lipinski definition) is 1. The largest absolute Gasteiger partial charge is 1.00 e. The van der Waals surface area contributed by atoms with Crippen LogP contribution < -0.4 is 34.7 Å². The summed E-state index contributed by atoms with van der Waals surface area (Å²) in [6.45, 7) is 0. The van der Waals surface area contributed by atoms with E-state index in [1.54, 1.807) is 0 Å². The molecule has 1 atom stereocenters. The van der Waals surface area contributed by atoms with E-state index in [-0.39, 0.29) is 36.0 Å². The van der Waals surface area contributed by atoms with Gasteiger partial charge in [0.2, 0.25) is 0 Å². The molecule has 2 aromatic carbocycles. The number of carbonyl (C=O) groups is 1. The molecular formula is C17H15NaO3. The van der Waals surface area contributed by atoms with Crippen LogP contribution in [0.25, 0.3) is 11.1 Å². The van der Waals surface area contributed by atoms with Gasteiger partial charge in [0.1, 0.15) is 0 Å². The molecule has 1 aliphatic rings. The van der Waals surface area contributed by atoms with E-state index in [4.69, 9.17) is 0 Å². The Morgan fingerprint density at radius 3 is 2.62 bits per heavy atom. The second-order valence-corrected chi connectivity index (χ2v) is 5.20. The Bertz CT molecular complexity index is 667. The van der Waals surface area contributed by atoms with Gasteiger partial charge in [0.25, 0.3) is 0 Å². The minimum Gasteiger partial charge on any atom is -0.547 e. The summed E-state index contributed by atoms with van der Waals surface area (Å²) in [7, 11) is 0. The van der Waals surface area contributed by atoms with Gasteiger partial charge in [-0.25, -0.2) is 0 Å². The number of hydrogen-bond acceptors (Lipinski definition) is 3. The Hall–Kier alpha value is -1.13. The second-order valence-electron chi connectivity index (χ2n) is 5.20. The molecule has 0 amide bonds. The topological polar surface area (TPSA) is 60.4 Å². The minimum absolute atomic E-state index is 0. The van der Waals surface area contributed by atoms with Crippen LogP contribution in [-0.4, -0.2) is 17.2 Å². The van der Waals surface area contributed by atoms with Gasteiger partial charge in [0.05, 0.1) is 12.1 Å². The fourth-order valence-electron chi connectivity index (χ4n) is 2.75. The molecule has 0 heterocycles. The van der Waals surface area contributed by atoms with Crippen LogP contribution in [0.2, 0.25) is 0 Å². The number of carboxylic acid groups (broad SMARTS) is 1. The molecule has 4 heteroatoms. The maximum atomic E-state index is 10.5. The van der Waals surface area contributed by atoms with E-state index in [2.05, 4.69) is 24.3 Å². The van der Waals surface area contributed by atoms with Crippen molar-refractivity contribution >= 4 is 5.97 Å². The van der Waals surface area contributed by atoms with E-state index in [1.807, 2.05) is 18.2 Å². The van der Waals surface area contributed by atoms with Crippen molar-refractivity contribution in [1.82, 2.24) is 0 Å². The molecule has 0 fully saturated rings. The summed E-state index contributed by atoms with van der Waals surface area (Å²) >= 11 is 0. The van der Waals surface area contributed by atoms with Crippen molar-refractivity contribution in [3.8, 4) is 11.1 Å². The first-order chi connectivity index (χ1) is 9.65. The molecule has 21 heavy (non-hydrogen) atoms. The van der Waals surface area contributed by atoms with Crippen LogP contribution >= 0.6 is 0 Å². The van der Waals surface area contributed by atoms with Gasteiger partial charge >= 0.3 is 29.6 Å². The van der Waals surface area contributed by atoms with Crippen molar-refractivity contribution < 1.29 is 44.6 Å². The SMILES string of the molecule is O=C([O-])C(O)CCc1ccc2c(c1)-c1ccccc1C2.[Na+]. The van der Waals surface area contributed by atoms with Crippen LogP contribution in [-0.2, 0) is 17.6 Å². The van der Waals surface area contributed by atoms with Crippen LogP contribution in [0.15, 0.2) is 42.5 Å². The molecule has 0 radical (unpaired) electrons. The van der Waals surface area contributed by atoms with E-state index < -0.39 is 12.1 Å². The summed E-state index contributed by atoms with van der Waals surface area (Å²) in [6.07, 6.45) is 0.274. The number of rotatable bonds is 4. The molecule has 3 nitrogen and oxygen atoms in total. The molecule has 0 bridgehead atoms. The normalized spacial score (nSPS) is 13.0. The number of benzene rings is 2. The predicted molar refractivity (Wildman–Crippen MR) is 74.0 cm³/mol. The van der Waals surface area contributed by atoms with Crippen LogP contribution in [0, 0.1) is 0 Å². The molecule has 1 unspecified atom stereocenters. The quantitative estimate of drug-likeness (QED) is 0.583. The molecule has 0 spiro atoms. The summed E-state index contributed by atoms with van der Waals surface area (Å²) in [5.41, 5.74) is 6.15. The average Bonchev–Trinajstić information content (AvgIpc) is 2.82. The Morgan fingerprint density at radius 1 is 1.14 bits per heavy atom. The molecular weight excluding hydrogens is 275 g/mol. The predicted octanol–water partition coefficient (Wildman–Crippen LogP) is -1.69. The Morgan fingerprint density at radius 2 is 1.86 bits per heavy atom. The van der Waals surface area contributed by atoms with Crippen molar-refractivity contribution in [2.75, 3.05) is 0 Å². The van der Waals surface area contributed by atoms with Crippen molar-refractivity contribution in [3.63, 3.8) is 0 Å². The number of aliphatic carboxylic acids is 1. The first-order valence-electron chi connectivity index (χ1n) is 6.74. The summed E-state index contributed by atoms with van der Waals surface area (Å²) < 4.78 is 0. The van der Waals surface area contributed by atoms with E-state index in [9.17, 15) is 15.0 Å². The first kappa shape index (κ1) is 16.2. The van der Waals surface area contributed by atoms with E-state index in [0.29, 0.717) is 6.42 Å². The molecule has 0 saturated carbocycles. The number of fused-ring (bicyclic) bond motifs is 3. The Balaban J connectivity index is 0.00000161. The first-order valence-corrected chi connectivity index (χ1v) is 6.74. The fourth-order valence-corrected chi connectivity index (χ4v) is 2.75.